The molecule has 1 heterocycles. The third kappa shape index (κ3) is 2.49. The van der Waals surface area contributed by atoms with Crippen molar-refractivity contribution >= 4 is 15.9 Å². The zero-order chi connectivity index (χ0) is 11.6. The van der Waals surface area contributed by atoms with E-state index in [0.717, 1.165) is 12.8 Å². The Hall–Kier alpha value is -0.620. The van der Waals surface area contributed by atoms with E-state index in [1.54, 1.807) is 20.3 Å². The molecule has 0 spiro atoms. The minimum absolute atomic E-state index is 0.380. The summed E-state index contributed by atoms with van der Waals surface area (Å²) in [5.74, 6) is -0.598. The average molecular weight is 233 g/mol. The van der Waals surface area contributed by atoms with Gasteiger partial charge in [0.25, 0.3) is 0 Å². The lowest BCUT2D eigenvalue weighted by molar-refractivity contribution is -0.121. The van der Waals surface area contributed by atoms with E-state index in [9.17, 15) is 13.2 Å². The molecule has 1 aliphatic rings. The van der Waals surface area contributed by atoms with Crippen LogP contribution in [0.2, 0.25) is 0 Å². The second-order valence-corrected chi connectivity index (χ2v) is 6.37. The Morgan fingerprint density at radius 2 is 2.13 bits per heavy atom. The van der Waals surface area contributed by atoms with E-state index in [-0.39, 0.29) is 0 Å². The Labute approximate surface area is 90.7 Å². The summed E-state index contributed by atoms with van der Waals surface area (Å²) in [5.41, 5.74) is 5.18. The fraction of sp³-hybridized carbons (Fsp3) is 0.778. The normalized spacial score (nSPS) is 24.3. The number of nitrogens with two attached hydrogens (primary N) is 1. The first kappa shape index (κ1) is 12.4. The van der Waals surface area contributed by atoms with E-state index >= 15 is 0 Å². The van der Waals surface area contributed by atoms with Gasteiger partial charge in [0, 0.05) is 6.54 Å². The number of carbonyl (C=O) groups is 1. The van der Waals surface area contributed by atoms with Crippen molar-refractivity contribution in [3.05, 3.63) is 6.42 Å². The first-order valence-electron chi connectivity index (χ1n) is 5.00. The zero-order valence-electron chi connectivity index (χ0n) is 9.01. The van der Waals surface area contributed by atoms with Gasteiger partial charge < -0.3 is 5.73 Å². The predicted octanol–water partition coefficient (Wildman–Crippen LogP) is -0.121. The number of piperidine rings is 1. The SMILES string of the molecule is CC(C)S(=O)(=O)N1CCC[CH]C1C(N)=O. The molecule has 15 heavy (non-hydrogen) atoms. The van der Waals surface area contributed by atoms with Crippen LogP contribution in [0, 0.1) is 6.42 Å². The monoisotopic (exact) mass is 233 g/mol. The van der Waals surface area contributed by atoms with Crippen LogP contribution >= 0.6 is 0 Å². The lowest BCUT2D eigenvalue weighted by Crippen LogP contribution is -2.52. The summed E-state index contributed by atoms with van der Waals surface area (Å²) in [6.45, 7) is 3.58. The molecule has 1 atom stereocenters. The van der Waals surface area contributed by atoms with Crippen LogP contribution in [0.15, 0.2) is 0 Å². The van der Waals surface area contributed by atoms with Crippen LogP contribution in [0.3, 0.4) is 0 Å². The van der Waals surface area contributed by atoms with Gasteiger partial charge in [0.05, 0.1) is 5.25 Å². The van der Waals surface area contributed by atoms with Gasteiger partial charge in [-0.1, -0.05) is 0 Å². The minimum Gasteiger partial charge on any atom is -0.368 e. The molecule has 1 unspecified atom stereocenters. The van der Waals surface area contributed by atoms with Crippen molar-refractivity contribution in [1.82, 2.24) is 4.31 Å². The highest BCUT2D eigenvalue weighted by molar-refractivity contribution is 7.89. The minimum atomic E-state index is -3.39. The molecule has 87 valence electrons. The van der Waals surface area contributed by atoms with Crippen molar-refractivity contribution in [2.45, 2.75) is 38.0 Å². The summed E-state index contributed by atoms with van der Waals surface area (Å²) in [6.07, 6.45) is 3.15. The third-order valence-electron chi connectivity index (χ3n) is 2.50. The smallest absolute Gasteiger partial charge is 0.236 e. The van der Waals surface area contributed by atoms with Crippen LogP contribution in [0.1, 0.15) is 26.7 Å². The summed E-state index contributed by atoms with van der Waals surface area (Å²) in [6, 6.07) is -0.772. The van der Waals surface area contributed by atoms with Gasteiger partial charge in [-0.05, 0) is 33.1 Å². The average Bonchev–Trinajstić information content (AvgIpc) is 2.17. The van der Waals surface area contributed by atoms with Gasteiger partial charge in [-0.15, -0.1) is 0 Å². The molecule has 0 aliphatic carbocycles. The summed E-state index contributed by atoms with van der Waals surface area (Å²) in [5, 5.41) is -0.522. The van der Waals surface area contributed by atoms with Gasteiger partial charge in [0.1, 0.15) is 6.04 Å². The molecule has 1 aliphatic heterocycles. The van der Waals surface area contributed by atoms with Crippen molar-refractivity contribution in [1.29, 1.82) is 0 Å². The number of sulfonamides is 1. The van der Waals surface area contributed by atoms with Gasteiger partial charge in [-0.3, -0.25) is 4.79 Å². The molecule has 0 bridgehead atoms. The van der Waals surface area contributed by atoms with Crippen LogP contribution in [-0.2, 0) is 14.8 Å². The largest absolute Gasteiger partial charge is 0.368 e. The maximum absolute atomic E-state index is 11.9. The van der Waals surface area contributed by atoms with E-state index in [4.69, 9.17) is 5.73 Å². The summed E-state index contributed by atoms with van der Waals surface area (Å²) < 4.78 is 25.0. The topological polar surface area (TPSA) is 80.5 Å². The van der Waals surface area contributed by atoms with Gasteiger partial charge >= 0.3 is 0 Å². The fourth-order valence-electron chi connectivity index (χ4n) is 1.59. The number of primary amides is 1. The van der Waals surface area contributed by atoms with E-state index in [2.05, 4.69) is 0 Å². The third-order valence-corrected chi connectivity index (χ3v) is 4.75. The van der Waals surface area contributed by atoms with E-state index in [0.29, 0.717) is 6.54 Å². The molecule has 0 aromatic carbocycles. The first-order valence-corrected chi connectivity index (χ1v) is 6.51. The Balaban J connectivity index is 2.95. The summed E-state index contributed by atoms with van der Waals surface area (Å²) >= 11 is 0. The van der Waals surface area contributed by atoms with Gasteiger partial charge in [-0.2, -0.15) is 4.31 Å². The molecule has 1 rings (SSSR count). The standard InChI is InChI=1S/C9H17N2O3S/c1-7(2)15(13,14)11-6-4-3-5-8(11)9(10)12/h5,7-8H,3-4,6H2,1-2H3,(H2,10,12). The zero-order valence-corrected chi connectivity index (χ0v) is 9.83. The van der Waals surface area contributed by atoms with E-state index < -0.39 is 27.2 Å². The molecule has 1 amide bonds. The van der Waals surface area contributed by atoms with Gasteiger partial charge in [0.2, 0.25) is 15.9 Å². The number of carbonyl (C=O) groups excluding carboxylic acids is 1. The summed E-state index contributed by atoms with van der Waals surface area (Å²) in [4.78, 5) is 11.1. The van der Waals surface area contributed by atoms with Crippen molar-refractivity contribution in [3.63, 3.8) is 0 Å². The molecule has 2 N–H and O–H groups in total. The Bertz CT molecular complexity index is 337. The number of hydrogen-bond donors (Lipinski definition) is 1. The maximum Gasteiger partial charge on any atom is 0.236 e. The molecule has 6 heteroatoms. The molecule has 0 aromatic heterocycles. The van der Waals surface area contributed by atoms with Crippen LogP contribution in [0.25, 0.3) is 0 Å². The van der Waals surface area contributed by atoms with E-state index in [1.165, 1.54) is 4.31 Å². The molecule has 5 nitrogen and oxygen atoms in total. The number of nitrogens with zero attached hydrogens (tertiary/aromatic N) is 1. The van der Waals surface area contributed by atoms with Crippen molar-refractivity contribution in [3.8, 4) is 0 Å². The number of amides is 1. The Kier molecular flexibility index (Phi) is 3.72. The second-order valence-electron chi connectivity index (χ2n) is 3.93. The second kappa shape index (κ2) is 4.49. The lowest BCUT2D eigenvalue weighted by atomic mass is 10.0. The van der Waals surface area contributed by atoms with Crippen LogP contribution < -0.4 is 5.73 Å². The van der Waals surface area contributed by atoms with Crippen molar-refractivity contribution in [2.75, 3.05) is 6.54 Å². The highest BCUT2D eigenvalue weighted by Crippen LogP contribution is 2.21. The first-order chi connectivity index (χ1) is 6.87. The van der Waals surface area contributed by atoms with Gasteiger partial charge in [-0.25, -0.2) is 8.42 Å². The highest BCUT2D eigenvalue weighted by Gasteiger charge is 2.37. The Morgan fingerprint density at radius 3 is 2.60 bits per heavy atom. The fourth-order valence-corrected chi connectivity index (χ4v) is 3.03. The molecule has 0 saturated carbocycles. The predicted molar refractivity (Wildman–Crippen MR) is 57.3 cm³/mol. The van der Waals surface area contributed by atoms with Crippen molar-refractivity contribution < 1.29 is 13.2 Å². The highest BCUT2D eigenvalue weighted by atomic mass is 32.2. The molecule has 1 fully saturated rings. The maximum atomic E-state index is 11.9. The van der Waals surface area contributed by atoms with Crippen molar-refractivity contribution in [2.24, 2.45) is 5.73 Å². The molecule has 1 radical (unpaired) electrons. The molecular formula is C9H17N2O3S. The van der Waals surface area contributed by atoms with Crippen LogP contribution in [0.4, 0.5) is 0 Å². The lowest BCUT2D eigenvalue weighted by Gasteiger charge is -2.33. The molecule has 1 saturated heterocycles. The number of hydrogen-bond acceptors (Lipinski definition) is 3. The molecular weight excluding hydrogens is 216 g/mol. The van der Waals surface area contributed by atoms with Crippen LogP contribution in [-0.4, -0.2) is 36.5 Å². The quantitative estimate of drug-likeness (QED) is 0.738. The summed E-state index contributed by atoms with van der Waals surface area (Å²) in [7, 11) is -3.39. The van der Waals surface area contributed by atoms with Crippen LogP contribution in [0.5, 0.6) is 0 Å². The Morgan fingerprint density at radius 1 is 1.53 bits per heavy atom. The van der Waals surface area contributed by atoms with Gasteiger partial charge in [0.15, 0.2) is 0 Å². The number of rotatable bonds is 3. The van der Waals surface area contributed by atoms with E-state index in [1.807, 2.05) is 0 Å². The molecule has 0 aromatic rings.